The monoisotopic (exact) mass is 179 g/mol. The van der Waals surface area contributed by atoms with Gasteiger partial charge in [0.2, 0.25) is 5.92 Å². The largest absolute Gasteiger partial charge is 0.481 e. The van der Waals surface area contributed by atoms with Crippen molar-refractivity contribution in [2.45, 2.75) is 31.2 Å². The number of alkyl halides is 2. The molecule has 1 saturated carbocycles. The fourth-order valence-electron chi connectivity index (χ4n) is 1.42. The maximum Gasteiger partial charge on any atom is 0.308 e. The fourth-order valence-corrected chi connectivity index (χ4v) is 1.42. The first-order valence-corrected chi connectivity index (χ1v) is 3.78. The molecule has 0 spiro atoms. The smallest absolute Gasteiger partial charge is 0.308 e. The van der Waals surface area contributed by atoms with E-state index in [-0.39, 0.29) is 12.8 Å². The molecule has 0 aromatic rings. The minimum atomic E-state index is -2.85. The van der Waals surface area contributed by atoms with Crippen LogP contribution in [0.15, 0.2) is 0 Å². The van der Waals surface area contributed by atoms with E-state index in [2.05, 4.69) is 0 Å². The van der Waals surface area contributed by atoms with Crippen molar-refractivity contribution in [1.29, 1.82) is 0 Å². The molecule has 0 radical (unpaired) electrons. The van der Waals surface area contributed by atoms with Crippen molar-refractivity contribution in [2.75, 3.05) is 0 Å². The third kappa shape index (κ3) is 1.91. The minimum Gasteiger partial charge on any atom is -0.481 e. The van der Waals surface area contributed by atoms with E-state index < -0.39 is 30.3 Å². The van der Waals surface area contributed by atoms with Gasteiger partial charge in [-0.15, -0.1) is 0 Å². The molecule has 70 valence electrons. The number of hydrogen-bond acceptors (Lipinski definition) is 2. The molecular weight excluding hydrogens is 168 g/mol. The average molecular weight is 179 g/mol. The lowest BCUT2D eigenvalue weighted by Gasteiger charge is -2.31. The van der Waals surface area contributed by atoms with Crippen molar-refractivity contribution in [1.82, 2.24) is 0 Å². The Bertz CT molecular complexity index is 196. The van der Waals surface area contributed by atoms with Gasteiger partial charge in [-0.25, -0.2) is 8.78 Å². The molecule has 0 heterocycles. The summed E-state index contributed by atoms with van der Waals surface area (Å²) in [6, 6.07) is -0.623. The van der Waals surface area contributed by atoms with Crippen LogP contribution >= 0.6 is 0 Å². The first-order chi connectivity index (χ1) is 5.42. The summed E-state index contributed by atoms with van der Waals surface area (Å²) >= 11 is 0. The van der Waals surface area contributed by atoms with Gasteiger partial charge < -0.3 is 10.8 Å². The van der Waals surface area contributed by atoms with Crippen LogP contribution in [-0.2, 0) is 4.79 Å². The first kappa shape index (κ1) is 9.38. The predicted molar refractivity (Wildman–Crippen MR) is 37.9 cm³/mol. The van der Waals surface area contributed by atoms with Gasteiger partial charge in [-0.3, -0.25) is 4.79 Å². The number of rotatable bonds is 1. The van der Waals surface area contributed by atoms with Crippen molar-refractivity contribution in [2.24, 2.45) is 11.7 Å². The summed E-state index contributed by atoms with van der Waals surface area (Å²) < 4.78 is 25.3. The van der Waals surface area contributed by atoms with Gasteiger partial charge in [0, 0.05) is 18.9 Å². The van der Waals surface area contributed by atoms with Crippen molar-refractivity contribution < 1.29 is 18.7 Å². The van der Waals surface area contributed by atoms with E-state index in [0.717, 1.165) is 0 Å². The van der Waals surface area contributed by atoms with Gasteiger partial charge in [0.25, 0.3) is 0 Å². The Hall–Kier alpha value is -0.710. The SMILES string of the molecule is N[C@H]1CCC(F)(F)C[C@H]1C(=O)O. The van der Waals surface area contributed by atoms with Crippen LogP contribution in [0, 0.1) is 5.92 Å². The molecule has 1 aliphatic carbocycles. The highest BCUT2D eigenvalue weighted by Crippen LogP contribution is 2.36. The minimum absolute atomic E-state index is 0.0873. The highest BCUT2D eigenvalue weighted by Gasteiger charge is 2.43. The normalized spacial score (nSPS) is 34.6. The second-order valence-corrected chi connectivity index (χ2v) is 3.21. The number of carboxylic acids is 1. The Kier molecular flexibility index (Phi) is 2.32. The molecule has 1 rings (SSSR count). The van der Waals surface area contributed by atoms with Crippen LogP contribution in [-0.4, -0.2) is 23.0 Å². The molecule has 2 atom stereocenters. The molecule has 5 heteroatoms. The average Bonchev–Trinajstić information content (AvgIpc) is 1.94. The fraction of sp³-hybridized carbons (Fsp3) is 0.857. The third-order valence-corrected chi connectivity index (χ3v) is 2.20. The van der Waals surface area contributed by atoms with Crippen LogP contribution in [0.4, 0.5) is 8.78 Å². The van der Waals surface area contributed by atoms with E-state index in [0.29, 0.717) is 0 Å². The van der Waals surface area contributed by atoms with Gasteiger partial charge in [0.05, 0.1) is 5.92 Å². The van der Waals surface area contributed by atoms with Gasteiger partial charge in [-0.1, -0.05) is 0 Å². The molecule has 3 N–H and O–H groups in total. The molecule has 1 fully saturated rings. The zero-order chi connectivity index (χ0) is 9.35. The van der Waals surface area contributed by atoms with E-state index in [1.165, 1.54) is 0 Å². The number of nitrogens with two attached hydrogens (primary N) is 1. The molecule has 0 aliphatic heterocycles. The highest BCUT2D eigenvalue weighted by atomic mass is 19.3. The van der Waals surface area contributed by atoms with Gasteiger partial charge in [-0.05, 0) is 6.42 Å². The van der Waals surface area contributed by atoms with E-state index in [1.807, 2.05) is 0 Å². The second kappa shape index (κ2) is 2.97. The number of aliphatic carboxylic acids is 1. The standard InChI is InChI=1S/C7H11F2NO2/c8-7(9)2-1-5(10)4(3-7)6(11)12/h4-5H,1-3,10H2,(H,11,12)/t4-,5+/m1/s1. The van der Waals surface area contributed by atoms with E-state index in [1.54, 1.807) is 0 Å². The molecule has 1 aliphatic rings. The van der Waals surface area contributed by atoms with E-state index >= 15 is 0 Å². The molecule has 0 unspecified atom stereocenters. The lowest BCUT2D eigenvalue weighted by molar-refractivity contribution is -0.150. The zero-order valence-electron chi connectivity index (χ0n) is 6.46. The molecule has 0 aromatic heterocycles. The summed E-state index contributed by atoms with van der Waals surface area (Å²) in [6.07, 6.45) is -0.828. The van der Waals surface area contributed by atoms with E-state index in [9.17, 15) is 13.6 Å². The third-order valence-electron chi connectivity index (χ3n) is 2.20. The zero-order valence-corrected chi connectivity index (χ0v) is 6.46. The van der Waals surface area contributed by atoms with Gasteiger partial charge in [0.1, 0.15) is 0 Å². The summed E-state index contributed by atoms with van der Waals surface area (Å²) in [5.41, 5.74) is 5.39. The van der Waals surface area contributed by atoms with Crippen molar-refractivity contribution in [3.05, 3.63) is 0 Å². The summed E-state index contributed by atoms with van der Waals surface area (Å²) in [4.78, 5) is 10.4. The molecule has 0 bridgehead atoms. The molecule has 0 saturated heterocycles. The molecule has 0 aromatic carbocycles. The topological polar surface area (TPSA) is 63.3 Å². The van der Waals surface area contributed by atoms with Crippen LogP contribution in [0.1, 0.15) is 19.3 Å². The number of hydrogen-bond donors (Lipinski definition) is 2. The van der Waals surface area contributed by atoms with Crippen LogP contribution in [0.5, 0.6) is 0 Å². The molecule has 12 heavy (non-hydrogen) atoms. The number of carbonyl (C=O) groups is 1. The number of carboxylic acid groups (broad SMARTS) is 1. The van der Waals surface area contributed by atoms with Crippen molar-refractivity contribution in [3.8, 4) is 0 Å². The Labute approximate surface area is 68.5 Å². The van der Waals surface area contributed by atoms with Gasteiger partial charge in [-0.2, -0.15) is 0 Å². The molecular formula is C7H11F2NO2. The lowest BCUT2D eigenvalue weighted by atomic mass is 9.83. The summed E-state index contributed by atoms with van der Waals surface area (Å²) in [5.74, 6) is -5.16. The predicted octanol–water partition coefficient (Wildman–Crippen LogP) is 0.834. The molecule has 0 amide bonds. The van der Waals surface area contributed by atoms with Gasteiger partial charge in [0.15, 0.2) is 0 Å². The maximum absolute atomic E-state index is 12.7. The Balaban J connectivity index is 2.66. The summed E-state index contributed by atoms with van der Waals surface area (Å²) in [7, 11) is 0. The maximum atomic E-state index is 12.7. The van der Waals surface area contributed by atoms with Crippen LogP contribution in [0.2, 0.25) is 0 Å². The van der Waals surface area contributed by atoms with Crippen molar-refractivity contribution >= 4 is 5.97 Å². The van der Waals surface area contributed by atoms with E-state index in [4.69, 9.17) is 10.8 Å². The molecule has 3 nitrogen and oxygen atoms in total. The van der Waals surface area contributed by atoms with Gasteiger partial charge >= 0.3 is 5.97 Å². The Morgan fingerprint density at radius 2 is 2.17 bits per heavy atom. The quantitative estimate of drug-likeness (QED) is 0.626. The summed E-state index contributed by atoms with van der Waals surface area (Å²) in [5, 5.41) is 8.53. The first-order valence-electron chi connectivity index (χ1n) is 3.78. The Morgan fingerprint density at radius 3 is 2.58 bits per heavy atom. The van der Waals surface area contributed by atoms with Crippen LogP contribution in [0.25, 0.3) is 0 Å². The summed E-state index contributed by atoms with van der Waals surface area (Å²) in [6.45, 7) is 0. The lowest BCUT2D eigenvalue weighted by Crippen LogP contribution is -2.44. The van der Waals surface area contributed by atoms with Crippen molar-refractivity contribution in [3.63, 3.8) is 0 Å². The second-order valence-electron chi connectivity index (χ2n) is 3.21. The number of halogens is 2. The Morgan fingerprint density at radius 1 is 1.58 bits per heavy atom. The highest BCUT2D eigenvalue weighted by molar-refractivity contribution is 5.71. The van der Waals surface area contributed by atoms with Crippen LogP contribution in [0.3, 0.4) is 0 Å². The van der Waals surface area contributed by atoms with Crippen LogP contribution < -0.4 is 5.73 Å².